The summed E-state index contributed by atoms with van der Waals surface area (Å²) in [5, 5.41) is 1.42. The summed E-state index contributed by atoms with van der Waals surface area (Å²) in [6.45, 7) is 8.46. The summed E-state index contributed by atoms with van der Waals surface area (Å²) in [6, 6.07) is 0. The largest absolute Gasteiger partial charge is 0.357 e. The van der Waals surface area contributed by atoms with Crippen LogP contribution in [0, 0.1) is 5.92 Å². The number of H-pyrrole nitrogens is 1. The predicted molar refractivity (Wildman–Crippen MR) is 108 cm³/mol. The molecular formula is C20H26ClN2OP. The number of hydrogen-bond acceptors (Lipinski definition) is 2. The zero-order valence-electron chi connectivity index (χ0n) is 15.4. The number of nitrogens with one attached hydrogen (secondary N) is 1. The number of fused-ring (bicyclic) bond motifs is 3. The molecule has 3 unspecified atom stereocenters. The minimum atomic E-state index is 0.0422. The number of ketones is 1. The minimum absolute atomic E-state index is 0.0422. The molecule has 2 heterocycles. The van der Waals surface area contributed by atoms with Gasteiger partial charge in [-0.05, 0) is 42.7 Å². The number of halogens is 1. The summed E-state index contributed by atoms with van der Waals surface area (Å²) in [4.78, 5) is 21.1. The topological polar surface area (TPSA) is 45.8 Å². The Hall–Kier alpha value is -1.18. The number of carbonyl (C=O) groups is 1. The molecule has 3 nitrogen and oxygen atoms in total. The summed E-state index contributed by atoms with van der Waals surface area (Å²) >= 11 is 6.27. The highest BCUT2D eigenvalue weighted by molar-refractivity contribution is 7.28. The van der Waals surface area contributed by atoms with Crippen LogP contribution in [0.15, 0.2) is 6.20 Å². The summed E-state index contributed by atoms with van der Waals surface area (Å²) in [6.07, 6.45) is 5.50. The van der Waals surface area contributed by atoms with Crippen molar-refractivity contribution in [2.75, 3.05) is 0 Å². The average Bonchev–Trinajstić information content (AvgIpc) is 3.01. The van der Waals surface area contributed by atoms with Gasteiger partial charge in [-0.15, -0.1) is 9.24 Å². The number of carbonyl (C=O) groups excluding carboxylic acids is 1. The molecule has 134 valence electrons. The fourth-order valence-corrected chi connectivity index (χ4v) is 4.15. The van der Waals surface area contributed by atoms with Gasteiger partial charge >= 0.3 is 0 Å². The van der Waals surface area contributed by atoms with E-state index in [1.54, 1.807) is 0 Å². The molecule has 2 aromatic rings. The third kappa shape index (κ3) is 3.06. The standard InChI is InChI=1S/C20H26ClN2OP/c1-5-10(3)16-15(18(24)11(4)6-2)13-8-7-12-9-22-20(21)19(25)14(12)17(13)23-16/h9-11,23H,5-8,25H2,1-4H3. The molecule has 1 aliphatic carbocycles. The normalized spacial score (nSPS) is 15.4. The molecule has 0 bridgehead atoms. The molecule has 0 amide bonds. The number of Topliss-reactive ketones (excluding diaryl/α,β-unsaturated/α-hetero) is 1. The highest BCUT2D eigenvalue weighted by Gasteiger charge is 2.31. The van der Waals surface area contributed by atoms with E-state index in [0.717, 1.165) is 53.5 Å². The van der Waals surface area contributed by atoms with E-state index in [9.17, 15) is 4.79 Å². The lowest BCUT2D eigenvalue weighted by molar-refractivity contribution is 0.0925. The Labute approximate surface area is 157 Å². The van der Waals surface area contributed by atoms with Crippen LogP contribution >= 0.6 is 20.8 Å². The summed E-state index contributed by atoms with van der Waals surface area (Å²) in [7, 11) is 2.72. The van der Waals surface area contributed by atoms with Crippen LogP contribution in [0.2, 0.25) is 5.15 Å². The minimum Gasteiger partial charge on any atom is -0.357 e. The van der Waals surface area contributed by atoms with E-state index in [0.29, 0.717) is 11.1 Å². The first-order chi connectivity index (χ1) is 11.9. The predicted octanol–water partition coefficient (Wildman–Crippen LogP) is 5.07. The maximum atomic E-state index is 13.2. The molecule has 0 aromatic carbocycles. The third-order valence-electron chi connectivity index (χ3n) is 5.58. The van der Waals surface area contributed by atoms with E-state index in [1.165, 1.54) is 11.1 Å². The van der Waals surface area contributed by atoms with Crippen molar-refractivity contribution in [2.24, 2.45) is 5.92 Å². The van der Waals surface area contributed by atoms with Crippen LogP contribution < -0.4 is 5.30 Å². The third-order valence-corrected chi connectivity index (χ3v) is 6.63. The second-order valence-corrected chi connectivity index (χ2v) is 8.05. The van der Waals surface area contributed by atoms with Crippen molar-refractivity contribution in [1.29, 1.82) is 0 Å². The van der Waals surface area contributed by atoms with E-state index >= 15 is 0 Å². The number of aryl methyl sites for hydroxylation is 1. The maximum Gasteiger partial charge on any atom is 0.167 e. The fourth-order valence-electron chi connectivity index (χ4n) is 3.60. The van der Waals surface area contributed by atoms with E-state index in [4.69, 9.17) is 11.6 Å². The molecule has 3 atom stereocenters. The van der Waals surface area contributed by atoms with Crippen molar-refractivity contribution in [2.45, 2.75) is 59.3 Å². The van der Waals surface area contributed by atoms with Gasteiger partial charge in [-0.1, -0.05) is 39.3 Å². The van der Waals surface area contributed by atoms with Gasteiger partial charge in [-0.25, -0.2) is 4.98 Å². The van der Waals surface area contributed by atoms with Crippen molar-refractivity contribution < 1.29 is 4.79 Å². The summed E-state index contributed by atoms with van der Waals surface area (Å²) in [5.41, 5.74) is 6.56. The van der Waals surface area contributed by atoms with Crippen LogP contribution in [0.25, 0.3) is 11.3 Å². The zero-order chi connectivity index (χ0) is 18.3. The molecule has 1 N–H and O–H groups in total. The van der Waals surface area contributed by atoms with Gasteiger partial charge in [0.15, 0.2) is 5.78 Å². The first-order valence-electron chi connectivity index (χ1n) is 9.12. The van der Waals surface area contributed by atoms with Crippen LogP contribution in [-0.2, 0) is 12.8 Å². The number of hydrogen-bond donors (Lipinski definition) is 1. The highest BCUT2D eigenvalue weighted by atomic mass is 35.5. The smallest absolute Gasteiger partial charge is 0.167 e. The van der Waals surface area contributed by atoms with Gasteiger partial charge in [0.1, 0.15) is 5.15 Å². The zero-order valence-corrected chi connectivity index (χ0v) is 17.3. The maximum absolute atomic E-state index is 13.2. The molecule has 0 radical (unpaired) electrons. The van der Waals surface area contributed by atoms with Gasteiger partial charge in [0.25, 0.3) is 0 Å². The van der Waals surface area contributed by atoms with Gasteiger partial charge in [0.2, 0.25) is 0 Å². The van der Waals surface area contributed by atoms with E-state index in [1.807, 2.05) is 13.1 Å². The Morgan fingerprint density at radius 3 is 2.68 bits per heavy atom. The monoisotopic (exact) mass is 376 g/mol. The molecule has 0 spiro atoms. The van der Waals surface area contributed by atoms with Crippen molar-refractivity contribution in [3.63, 3.8) is 0 Å². The molecule has 0 fully saturated rings. The quantitative estimate of drug-likeness (QED) is 0.449. The molecule has 2 aromatic heterocycles. The van der Waals surface area contributed by atoms with Crippen LogP contribution in [-0.4, -0.2) is 15.8 Å². The summed E-state index contributed by atoms with van der Waals surface area (Å²) in [5.74, 6) is 0.632. The Bertz CT molecular complexity index is 828. The lowest BCUT2D eigenvalue weighted by Crippen LogP contribution is -2.17. The molecule has 0 aliphatic heterocycles. The molecule has 25 heavy (non-hydrogen) atoms. The molecule has 3 rings (SSSR count). The molecule has 5 heteroatoms. The van der Waals surface area contributed by atoms with Crippen LogP contribution in [0.1, 0.15) is 73.6 Å². The molecule has 1 aliphatic rings. The summed E-state index contributed by atoms with van der Waals surface area (Å²) < 4.78 is 0. The lowest BCUT2D eigenvalue weighted by atomic mass is 9.84. The van der Waals surface area contributed by atoms with Gasteiger partial charge in [-0.3, -0.25) is 4.79 Å². The fraction of sp³-hybridized carbons (Fsp3) is 0.500. The SMILES string of the molecule is CCC(C)C(=O)c1c(C(C)CC)[nH]c2c1CCc1cnc(Cl)c(P)c1-2. The van der Waals surface area contributed by atoms with Crippen molar-refractivity contribution in [3.05, 3.63) is 33.7 Å². The van der Waals surface area contributed by atoms with Gasteiger partial charge in [0, 0.05) is 34.2 Å². The molecule has 0 saturated heterocycles. The first-order valence-corrected chi connectivity index (χ1v) is 10.1. The van der Waals surface area contributed by atoms with Crippen LogP contribution in [0.5, 0.6) is 0 Å². The van der Waals surface area contributed by atoms with Gasteiger partial charge < -0.3 is 4.98 Å². The number of pyridine rings is 1. The second-order valence-electron chi connectivity index (χ2n) is 7.11. The Kier molecular flexibility index (Phi) is 5.37. The number of aromatic nitrogens is 2. The van der Waals surface area contributed by atoms with Crippen LogP contribution in [0.3, 0.4) is 0 Å². The Morgan fingerprint density at radius 1 is 1.32 bits per heavy atom. The lowest BCUT2D eigenvalue weighted by Gasteiger charge is -2.20. The number of rotatable bonds is 5. The molecule has 0 saturated carbocycles. The molecular weight excluding hydrogens is 351 g/mol. The van der Waals surface area contributed by atoms with Crippen molar-refractivity contribution >= 4 is 31.9 Å². The number of aromatic amines is 1. The van der Waals surface area contributed by atoms with E-state index in [-0.39, 0.29) is 11.7 Å². The van der Waals surface area contributed by atoms with Crippen molar-refractivity contribution in [1.82, 2.24) is 9.97 Å². The average molecular weight is 377 g/mol. The van der Waals surface area contributed by atoms with E-state index in [2.05, 4.69) is 40.0 Å². The second kappa shape index (κ2) is 7.21. The number of nitrogens with zero attached hydrogens (tertiary/aromatic N) is 1. The highest BCUT2D eigenvalue weighted by Crippen LogP contribution is 2.40. The van der Waals surface area contributed by atoms with E-state index < -0.39 is 0 Å². The Morgan fingerprint density at radius 2 is 2.04 bits per heavy atom. The van der Waals surface area contributed by atoms with Crippen LogP contribution in [0.4, 0.5) is 0 Å². The van der Waals surface area contributed by atoms with Gasteiger partial charge in [-0.2, -0.15) is 0 Å². The first kappa shape index (κ1) is 18.6. The Balaban J connectivity index is 2.27. The van der Waals surface area contributed by atoms with Gasteiger partial charge in [0.05, 0.1) is 5.69 Å². The van der Waals surface area contributed by atoms with Crippen molar-refractivity contribution in [3.8, 4) is 11.3 Å².